The smallest absolute Gasteiger partial charge is 0.241 e. The second kappa shape index (κ2) is 3.86. The summed E-state index contributed by atoms with van der Waals surface area (Å²) in [4.78, 5) is 4.20. The number of para-hydroxylation sites is 1. The van der Waals surface area contributed by atoms with Crippen LogP contribution in [0.2, 0.25) is 0 Å². The molecule has 2 aromatic rings. The van der Waals surface area contributed by atoms with Gasteiger partial charge in [0.15, 0.2) is 0 Å². The lowest BCUT2D eigenvalue weighted by Crippen LogP contribution is -2.01. The quantitative estimate of drug-likeness (QED) is 0.778. The number of aromatic nitrogens is 1. The van der Waals surface area contributed by atoms with Crippen LogP contribution in [-0.2, 0) is 16.6 Å². The third-order valence-corrected chi connectivity index (χ3v) is 3.69. The predicted molar refractivity (Wildman–Crippen MR) is 58.2 cm³/mol. The van der Waals surface area contributed by atoms with E-state index in [0.29, 0.717) is 5.01 Å². The van der Waals surface area contributed by atoms with Gasteiger partial charge in [-0.3, -0.25) is 0 Å². The average molecular weight is 245 g/mol. The SMILES string of the molecule is O=S(=O)(F)CCc1nc2ccccc2s1. The van der Waals surface area contributed by atoms with Crippen molar-refractivity contribution >= 4 is 31.8 Å². The van der Waals surface area contributed by atoms with Crippen LogP contribution in [0.4, 0.5) is 3.89 Å². The summed E-state index contributed by atoms with van der Waals surface area (Å²) in [5.41, 5.74) is 0.828. The van der Waals surface area contributed by atoms with Crippen molar-refractivity contribution in [2.45, 2.75) is 6.42 Å². The molecule has 80 valence electrons. The fourth-order valence-electron chi connectivity index (χ4n) is 1.24. The Bertz CT molecular complexity index is 544. The zero-order valence-electron chi connectivity index (χ0n) is 7.68. The topological polar surface area (TPSA) is 47.0 Å². The van der Waals surface area contributed by atoms with Crippen molar-refractivity contribution < 1.29 is 12.3 Å². The largest absolute Gasteiger partial charge is 0.302 e. The molecule has 1 heterocycles. The number of aryl methyl sites for hydroxylation is 1. The van der Waals surface area contributed by atoms with E-state index in [1.54, 1.807) is 0 Å². The first kappa shape index (κ1) is 10.5. The lowest BCUT2D eigenvalue weighted by Gasteiger charge is -1.90. The Hall–Kier alpha value is -1.01. The van der Waals surface area contributed by atoms with E-state index in [-0.39, 0.29) is 6.42 Å². The summed E-state index contributed by atoms with van der Waals surface area (Å²) in [6, 6.07) is 7.49. The molecule has 3 nitrogen and oxygen atoms in total. The molecule has 0 atom stereocenters. The van der Waals surface area contributed by atoms with Crippen LogP contribution in [0.5, 0.6) is 0 Å². The number of halogens is 1. The van der Waals surface area contributed by atoms with Crippen molar-refractivity contribution in [2.24, 2.45) is 0 Å². The minimum absolute atomic E-state index is 0.137. The molecule has 1 aromatic heterocycles. The Balaban J connectivity index is 2.23. The number of hydrogen-bond acceptors (Lipinski definition) is 4. The summed E-state index contributed by atoms with van der Waals surface area (Å²) < 4.78 is 33.9. The molecule has 0 radical (unpaired) electrons. The second-order valence-corrected chi connectivity index (χ2v) is 5.67. The number of rotatable bonds is 3. The highest BCUT2D eigenvalue weighted by Crippen LogP contribution is 2.22. The Morgan fingerprint density at radius 2 is 2.07 bits per heavy atom. The number of hydrogen-bond donors (Lipinski definition) is 0. The predicted octanol–water partition coefficient (Wildman–Crippen LogP) is 2.14. The first-order chi connectivity index (χ1) is 7.04. The van der Waals surface area contributed by atoms with Crippen LogP contribution in [-0.4, -0.2) is 19.2 Å². The highest BCUT2D eigenvalue weighted by atomic mass is 32.3. The van der Waals surface area contributed by atoms with Crippen LogP contribution in [0.15, 0.2) is 24.3 Å². The van der Waals surface area contributed by atoms with Gasteiger partial charge < -0.3 is 0 Å². The van der Waals surface area contributed by atoms with Gasteiger partial charge in [0.25, 0.3) is 0 Å². The van der Waals surface area contributed by atoms with Crippen molar-refractivity contribution in [2.75, 3.05) is 5.75 Å². The van der Waals surface area contributed by atoms with Gasteiger partial charge in [-0.25, -0.2) is 4.98 Å². The van der Waals surface area contributed by atoms with Gasteiger partial charge in [-0.1, -0.05) is 12.1 Å². The molecule has 0 saturated heterocycles. The maximum absolute atomic E-state index is 12.3. The van der Waals surface area contributed by atoms with Crippen LogP contribution in [0.1, 0.15) is 5.01 Å². The van der Waals surface area contributed by atoms with Gasteiger partial charge in [0.05, 0.1) is 21.0 Å². The van der Waals surface area contributed by atoms with E-state index < -0.39 is 16.0 Å². The van der Waals surface area contributed by atoms with Crippen molar-refractivity contribution in [3.05, 3.63) is 29.3 Å². The third kappa shape index (κ3) is 2.73. The minimum atomic E-state index is -4.39. The lowest BCUT2D eigenvalue weighted by atomic mass is 10.3. The number of thiazole rings is 1. The van der Waals surface area contributed by atoms with Crippen LogP contribution >= 0.6 is 11.3 Å². The molecule has 0 saturated carbocycles. The van der Waals surface area contributed by atoms with Crippen molar-refractivity contribution in [1.82, 2.24) is 4.98 Å². The van der Waals surface area contributed by atoms with Gasteiger partial charge in [-0.2, -0.15) is 8.42 Å². The van der Waals surface area contributed by atoms with Gasteiger partial charge in [-0.05, 0) is 12.1 Å². The van der Waals surface area contributed by atoms with Gasteiger partial charge >= 0.3 is 10.2 Å². The average Bonchev–Trinajstić information content (AvgIpc) is 2.56. The molecular weight excluding hydrogens is 237 g/mol. The van der Waals surface area contributed by atoms with Gasteiger partial charge in [0.2, 0.25) is 0 Å². The van der Waals surface area contributed by atoms with E-state index in [1.165, 1.54) is 11.3 Å². The maximum atomic E-state index is 12.3. The molecule has 1 aromatic carbocycles. The van der Waals surface area contributed by atoms with Crippen molar-refractivity contribution in [1.29, 1.82) is 0 Å². The molecule has 0 spiro atoms. The molecule has 15 heavy (non-hydrogen) atoms. The Morgan fingerprint density at radius 3 is 2.73 bits per heavy atom. The van der Waals surface area contributed by atoms with Crippen LogP contribution in [0.25, 0.3) is 10.2 Å². The number of fused-ring (bicyclic) bond motifs is 1. The molecule has 0 aliphatic carbocycles. The van der Waals surface area contributed by atoms with Crippen LogP contribution in [0.3, 0.4) is 0 Å². The van der Waals surface area contributed by atoms with Gasteiger partial charge in [0, 0.05) is 6.42 Å². The van der Waals surface area contributed by atoms with Gasteiger partial charge in [-0.15, -0.1) is 15.2 Å². The zero-order chi connectivity index (χ0) is 10.9. The summed E-state index contributed by atoms with van der Waals surface area (Å²) in [6.45, 7) is 0. The molecule has 0 aliphatic heterocycles. The van der Waals surface area contributed by atoms with Crippen LogP contribution < -0.4 is 0 Å². The Labute approximate surface area is 90.8 Å². The normalized spacial score (nSPS) is 12.1. The monoisotopic (exact) mass is 245 g/mol. The summed E-state index contributed by atoms with van der Waals surface area (Å²) in [5, 5.41) is 0.650. The molecular formula is C9H8FNO2S2. The first-order valence-corrected chi connectivity index (χ1v) is 6.68. The van der Waals surface area contributed by atoms with E-state index in [9.17, 15) is 12.3 Å². The molecule has 0 bridgehead atoms. The molecule has 2 rings (SSSR count). The zero-order valence-corrected chi connectivity index (χ0v) is 9.31. The molecule has 0 N–H and O–H groups in total. The summed E-state index contributed by atoms with van der Waals surface area (Å²) in [6.07, 6.45) is 0.137. The highest BCUT2D eigenvalue weighted by molar-refractivity contribution is 7.86. The lowest BCUT2D eigenvalue weighted by molar-refractivity contribution is 0.551. The maximum Gasteiger partial charge on any atom is 0.302 e. The standard InChI is InChI=1S/C9H8FNO2S2/c10-15(12,13)6-5-9-11-7-3-1-2-4-8(7)14-9/h1-4H,5-6H2. The van der Waals surface area contributed by atoms with E-state index in [2.05, 4.69) is 4.98 Å². The first-order valence-electron chi connectivity index (χ1n) is 4.31. The van der Waals surface area contributed by atoms with Crippen LogP contribution in [0, 0.1) is 0 Å². The molecule has 0 aliphatic rings. The Morgan fingerprint density at radius 1 is 1.33 bits per heavy atom. The third-order valence-electron chi connectivity index (χ3n) is 1.90. The molecule has 0 unspecified atom stereocenters. The highest BCUT2D eigenvalue weighted by Gasteiger charge is 2.10. The van der Waals surface area contributed by atoms with E-state index in [1.807, 2.05) is 24.3 Å². The van der Waals surface area contributed by atoms with Crippen molar-refractivity contribution in [3.8, 4) is 0 Å². The molecule has 0 fully saturated rings. The second-order valence-electron chi connectivity index (χ2n) is 3.07. The molecule has 0 amide bonds. The van der Waals surface area contributed by atoms with E-state index >= 15 is 0 Å². The minimum Gasteiger partial charge on any atom is -0.241 e. The van der Waals surface area contributed by atoms with Gasteiger partial charge in [0.1, 0.15) is 0 Å². The van der Waals surface area contributed by atoms with E-state index in [4.69, 9.17) is 0 Å². The van der Waals surface area contributed by atoms with Crippen molar-refractivity contribution in [3.63, 3.8) is 0 Å². The number of nitrogens with zero attached hydrogens (tertiary/aromatic N) is 1. The fraction of sp³-hybridized carbons (Fsp3) is 0.222. The van der Waals surface area contributed by atoms with E-state index in [0.717, 1.165) is 10.2 Å². The fourth-order valence-corrected chi connectivity index (χ4v) is 2.77. The summed E-state index contributed by atoms with van der Waals surface area (Å²) in [5.74, 6) is -0.493. The summed E-state index contributed by atoms with van der Waals surface area (Å²) >= 11 is 1.40. The Kier molecular flexibility index (Phi) is 2.70. The number of benzene rings is 1. The molecule has 6 heteroatoms. The summed E-state index contributed by atoms with van der Waals surface area (Å²) in [7, 11) is -4.39.